The van der Waals surface area contributed by atoms with Gasteiger partial charge in [0.1, 0.15) is 12.4 Å². The predicted octanol–water partition coefficient (Wildman–Crippen LogP) is 2.01. The summed E-state index contributed by atoms with van der Waals surface area (Å²) >= 11 is 0. The van der Waals surface area contributed by atoms with Gasteiger partial charge in [0.15, 0.2) is 0 Å². The van der Waals surface area contributed by atoms with E-state index in [9.17, 15) is 14.7 Å². The maximum Gasteiger partial charge on any atom is 0.265 e. The van der Waals surface area contributed by atoms with Crippen molar-refractivity contribution in [3.63, 3.8) is 0 Å². The Morgan fingerprint density at radius 1 is 1.14 bits per heavy atom. The molecule has 4 rings (SSSR count). The highest BCUT2D eigenvalue weighted by Crippen LogP contribution is 2.28. The van der Waals surface area contributed by atoms with Crippen LogP contribution in [0.1, 0.15) is 46.9 Å². The summed E-state index contributed by atoms with van der Waals surface area (Å²) in [6.45, 7) is 6.10. The van der Waals surface area contributed by atoms with Gasteiger partial charge in [0.2, 0.25) is 11.6 Å². The molecular weight excluding hydrogens is 470 g/mol. The lowest BCUT2D eigenvalue weighted by molar-refractivity contribution is -0.163. The third-order valence-corrected chi connectivity index (χ3v) is 7.01. The summed E-state index contributed by atoms with van der Waals surface area (Å²) in [5, 5.41) is 15.9. The van der Waals surface area contributed by atoms with Crippen molar-refractivity contribution < 1.29 is 19.4 Å². The Bertz CT molecular complexity index is 1290. The Morgan fingerprint density at radius 2 is 1.86 bits per heavy atom. The van der Waals surface area contributed by atoms with Gasteiger partial charge in [-0.2, -0.15) is 0 Å². The summed E-state index contributed by atoms with van der Waals surface area (Å²) in [6.07, 6.45) is 1.37. The fraction of sp³-hybridized carbons (Fsp3) is 0.393. The van der Waals surface area contributed by atoms with Gasteiger partial charge in [-0.3, -0.25) is 19.5 Å². The first-order valence-corrected chi connectivity index (χ1v) is 12.6. The number of nitrogens with two attached hydrogens (primary N) is 2. The number of nitrogens with one attached hydrogen (secondary N) is 1. The molecule has 0 spiro atoms. The minimum Gasteiger partial charge on any atom is -0.489 e. The lowest BCUT2D eigenvalue weighted by Gasteiger charge is -2.42. The Kier molecular flexibility index (Phi) is 8.06. The predicted molar refractivity (Wildman–Crippen MR) is 142 cm³/mol. The van der Waals surface area contributed by atoms with E-state index in [-0.39, 0.29) is 18.6 Å². The number of hydrogen-bond donors (Lipinski definition) is 4. The van der Waals surface area contributed by atoms with Gasteiger partial charge in [0, 0.05) is 47.8 Å². The van der Waals surface area contributed by atoms with E-state index in [0.29, 0.717) is 30.4 Å². The number of carbonyl (C=O) groups is 2. The summed E-state index contributed by atoms with van der Waals surface area (Å²) in [4.78, 5) is 31.0. The van der Waals surface area contributed by atoms with Crippen molar-refractivity contribution in [2.45, 2.75) is 51.5 Å². The number of likely N-dealkylation sites (tertiary alicyclic amines) is 1. The fourth-order valence-electron chi connectivity index (χ4n) is 5.08. The van der Waals surface area contributed by atoms with Gasteiger partial charge >= 0.3 is 0 Å². The molecule has 1 aliphatic rings. The summed E-state index contributed by atoms with van der Waals surface area (Å²) in [6, 6.07) is 15.0. The molecule has 1 aliphatic heterocycles. The number of benzene rings is 2. The van der Waals surface area contributed by atoms with E-state index in [1.54, 1.807) is 23.1 Å². The number of carbonyl (C=O) groups excluding carboxylic acids is 2. The molecule has 37 heavy (non-hydrogen) atoms. The Balaban J connectivity index is 1.58. The van der Waals surface area contributed by atoms with Crippen molar-refractivity contribution in [2.75, 3.05) is 19.6 Å². The first kappa shape index (κ1) is 26.5. The zero-order valence-corrected chi connectivity index (χ0v) is 21.4. The topological polar surface area (TPSA) is 144 Å². The SMILES string of the molecule is CCNC1CCN([C@](O)(Cc2cc(OCc3cc(C)nc4ccccc34)ccc2C(N)=O)C(N)=O)CC1. The van der Waals surface area contributed by atoms with Crippen molar-refractivity contribution in [3.8, 4) is 5.75 Å². The minimum atomic E-state index is -1.96. The highest BCUT2D eigenvalue weighted by atomic mass is 16.5. The number of ether oxygens (including phenoxy) is 1. The van der Waals surface area contributed by atoms with Crippen molar-refractivity contribution >= 4 is 22.7 Å². The van der Waals surface area contributed by atoms with E-state index in [1.807, 2.05) is 44.2 Å². The number of rotatable bonds is 10. The number of aryl methyl sites for hydroxylation is 1. The molecule has 196 valence electrons. The van der Waals surface area contributed by atoms with Crippen LogP contribution in [0.25, 0.3) is 10.9 Å². The summed E-state index contributed by atoms with van der Waals surface area (Å²) in [5.41, 5.74) is 12.7. The number of aliphatic hydroxyl groups is 1. The number of para-hydroxylation sites is 1. The highest BCUT2D eigenvalue weighted by molar-refractivity contribution is 5.95. The second-order valence-electron chi connectivity index (χ2n) is 9.59. The van der Waals surface area contributed by atoms with E-state index in [4.69, 9.17) is 16.2 Å². The van der Waals surface area contributed by atoms with Gasteiger partial charge in [0.25, 0.3) is 5.91 Å². The molecule has 1 saturated heterocycles. The van der Waals surface area contributed by atoms with Crippen LogP contribution < -0.4 is 21.5 Å². The molecule has 0 aliphatic carbocycles. The molecule has 1 fully saturated rings. The highest BCUT2D eigenvalue weighted by Gasteiger charge is 2.43. The molecule has 0 unspecified atom stereocenters. The number of nitrogens with zero attached hydrogens (tertiary/aromatic N) is 2. The maximum absolute atomic E-state index is 12.5. The molecule has 0 radical (unpaired) electrons. The molecule has 0 saturated carbocycles. The second kappa shape index (κ2) is 11.2. The van der Waals surface area contributed by atoms with E-state index in [0.717, 1.165) is 41.5 Å². The zero-order chi connectivity index (χ0) is 26.6. The summed E-state index contributed by atoms with van der Waals surface area (Å²) in [5.74, 6) is -1.04. The van der Waals surface area contributed by atoms with Crippen molar-refractivity contribution in [2.24, 2.45) is 11.5 Å². The van der Waals surface area contributed by atoms with Gasteiger partial charge in [-0.15, -0.1) is 0 Å². The third-order valence-electron chi connectivity index (χ3n) is 7.01. The molecule has 6 N–H and O–H groups in total. The molecule has 3 aromatic rings. The van der Waals surface area contributed by atoms with Gasteiger partial charge in [-0.05, 0) is 62.2 Å². The quantitative estimate of drug-likeness (QED) is 0.330. The molecule has 2 amide bonds. The molecular formula is C28H35N5O4. The van der Waals surface area contributed by atoms with E-state index in [1.165, 1.54) is 0 Å². The van der Waals surface area contributed by atoms with Gasteiger partial charge in [-0.1, -0.05) is 25.1 Å². The van der Waals surface area contributed by atoms with Crippen LogP contribution in [0.15, 0.2) is 48.5 Å². The van der Waals surface area contributed by atoms with Gasteiger partial charge in [0.05, 0.1) is 5.52 Å². The van der Waals surface area contributed by atoms with Crippen LogP contribution >= 0.6 is 0 Å². The average molecular weight is 506 g/mol. The summed E-state index contributed by atoms with van der Waals surface area (Å²) < 4.78 is 6.09. The van der Waals surface area contributed by atoms with Crippen molar-refractivity contribution in [1.82, 2.24) is 15.2 Å². The van der Waals surface area contributed by atoms with E-state index < -0.39 is 17.5 Å². The maximum atomic E-state index is 12.5. The van der Waals surface area contributed by atoms with Crippen LogP contribution in [0.4, 0.5) is 0 Å². The van der Waals surface area contributed by atoms with Crippen LogP contribution in [-0.4, -0.2) is 58.2 Å². The number of pyridine rings is 1. The first-order valence-electron chi connectivity index (χ1n) is 12.6. The van der Waals surface area contributed by atoms with Crippen LogP contribution in [0.5, 0.6) is 5.75 Å². The van der Waals surface area contributed by atoms with Crippen LogP contribution in [0.3, 0.4) is 0 Å². The second-order valence-corrected chi connectivity index (χ2v) is 9.59. The number of aromatic nitrogens is 1. The minimum absolute atomic E-state index is 0.180. The van der Waals surface area contributed by atoms with E-state index in [2.05, 4.69) is 10.3 Å². The molecule has 0 bridgehead atoms. The lowest BCUT2D eigenvalue weighted by atomic mass is 9.93. The fourth-order valence-corrected chi connectivity index (χ4v) is 5.08. The number of hydrogen-bond acceptors (Lipinski definition) is 7. The van der Waals surface area contributed by atoms with Gasteiger partial charge < -0.3 is 26.6 Å². The largest absolute Gasteiger partial charge is 0.489 e. The Hall–Kier alpha value is -3.53. The standard InChI is InChI=1S/C28H35N5O4/c1-3-31-21-10-12-33(13-11-21)28(36,27(30)35)16-19-15-22(8-9-24(19)26(29)34)37-17-20-14-18(2)32-25-7-5-4-6-23(20)25/h4-9,14-15,21,31,36H,3,10-13,16-17H2,1-2H3,(H2,29,34)(H2,30,35)/t28-/m0/s1. The Labute approximate surface area is 216 Å². The molecule has 9 nitrogen and oxygen atoms in total. The number of primary amides is 2. The normalized spacial score (nSPS) is 16.4. The molecule has 9 heteroatoms. The number of amides is 2. The average Bonchev–Trinajstić information content (AvgIpc) is 2.87. The molecule has 2 aromatic carbocycles. The monoisotopic (exact) mass is 505 g/mol. The lowest BCUT2D eigenvalue weighted by Crippen LogP contribution is -2.62. The van der Waals surface area contributed by atoms with Crippen molar-refractivity contribution in [3.05, 3.63) is 70.9 Å². The number of fused-ring (bicyclic) bond motifs is 1. The smallest absolute Gasteiger partial charge is 0.265 e. The summed E-state index contributed by atoms with van der Waals surface area (Å²) in [7, 11) is 0. The third kappa shape index (κ3) is 5.90. The molecule has 1 aromatic heterocycles. The Morgan fingerprint density at radius 3 is 2.54 bits per heavy atom. The van der Waals surface area contributed by atoms with Crippen molar-refractivity contribution in [1.29, 1.82) is 0 Å². The van der Waals surface area contributed by atoms with Crippen LogP contribution in [0, 0.1) is 6.92 Å². The molecule has 2 heterocycles. The van der Waals surface area contributed by atoms with E-state index >= 15 is 0 Å². The van der Waals surface area contributed by atoms with Gasteiger partial charge in [-0.25, -0.2) is 0 Å². The number of piperidine rings is 1. The molecule has 1 atom stereocenters. The van der Waals surface area contributed by atoms with Crippen LogP contribution in [-0.2, 0) is 17.8 Å². The first-order chi connectivity index (χ1) is 17.7. The zero-order valence-electron chi connectivity index (χ0n) is 21.4. The van der Waals surface area contributed by atoms with Crippen LogP contribution in [0.2, 0.25) is 0 Å².